The Morgan fingerprint density at radius 3 is 2.84 bits per heavy atom. The summed E-state index contributed by atoms with van der Waals surface area (Å²) >= 11 is 5.91. The van der Waals surface area contributed by atoms with Crippen molar-refractivity contribution in [3.63, 3.8) is 0 Å². The van der Waals surface area contributed by atoms with E-state index in [1.54, 1.807) is 13.0 Å². The van der Waals surface area contributed by atoms with Crippen LogP contribution in [0.1, 0.15) is 18.9 Å². The van der Waals surface area contributed by atoms with Crippen molar-refractivity contribution in [3.05, 3.63) is 28.8 Å². The lowest BCUT2D eigenvalue weighted by Gasteiger charge is -2.21. The van der Waals surface area contributed by atoms with Crippen LogP contribution in [0.5, 0.6) is 5.75 Å². The number of phenols is 1. The fourth-order valence-corrected chi connectivity index (χ4v) is 2.57. The summed E-state index contributed by atoms with van der Waals surface area (Å²) in [6.45, 7) is 5.59. The third kappa shape index (κ3) is 3.61. The summed E-state index contributed by atoms with van der Waals surface area (Å²) in [5, 5.41) is 10.3. The molecule has 0 aromatic heterocycles. The Morgan fingerprint density at radius 2 is 2.11 bits per heavy atom. The number of halogens is 1. The van der Waals surface area contributed by atoms with Crippen molar-refractivity contribution in [1.82, 2.24) is 9.80 Å². The number of aromatic hydroxyl groups is 1. The molecule has 1 fully saturated rings. The van der Waals surface area contributed by atoms with Gasteiger partial charge in [-0.15, -0.1) is 0 Å². The number of para-hydroxylation sites is 1. The van der Waals surface area contributed by atoms with Gasteiger partial charge < -0.3 is 10.0 Å². The summed E-state index contributed by atoms with van der Waals surface area (Å²) in [5.74, 6) is 0.296. The highest BCUT2D eigenvalue weighted by Gasteiger charge is 2.17. The van der Waals surface area contributed by atoms with Gasteiger partial charge in [-0.2, -0.15) is 0 Å². The number of phenolic OH excluding ortho intramolecular Hbond substituents is 1. The highest BCUT2D eigenvalue weighted by molar-refractivity contribution is 6.32. The van der Waals surface area contributed by atoms with Crippen molar-refractivity contribution in [1.29, 1.82) is 0 Å². The summed E-state index contributed by atoms with van der Waals surface area (Å²) in [5.41, 5.74) is 0.837. The molecule has 2 rings (SSSR count). The quantitative estimate of drug-likeness (QED) is 0.903. The van der Waals surface area contributed by atoms with Crippen LogP contribution in [-0.4, -0.2) is 47.0 Å². The molecule has 104 valence electrons. The van der Waals surface area contributed by atoms with Crippen LogP contribution in [-0.2, 0) is 11.3 Å². The van der Waals surface area contributed by atoms with Gasteiger partial charge in [-0.1, -0.05) is 23.7 Å². The molecule has 1 aliphatic heterocycles. The number of rotatable bonds is 2. The SMILES string of the molecule is CC(=O)N1CCCN(Cc2cccc(Cl)c2O)CC1. The van der Waals surface area contributed by atoms with Gasteiger partial charge in [0.15, 0.2) is 0 Å². The first-order valence-corrected chi connectivity index (χ1v) is 6.90. The lowest BCUT2D eigenvalue weighted by Crippen LogP contribution is -2.33. The summed E-state index contributed by atoms with van der Waals surface area (Å²) in [6, 6.07) is 5.41. The molecule has 0 atom stereocenters. The molecule has 0 aliphatic carbocycles. The highest BCUT2D eigenvalue weighted by atomic mass is 35.5. The smallest absolute Gasteiger partial charge is 0.219 e. The van der Waals surface area contributed by atoms with Gasteiger partial charge in [-0.05, 0) is 12.5 Å². The van der Waals surface area contributed by atoms with Gasteiger partial charge in [-0.3, -0.25) is 9.69 Å². The van der Waals surface area contributed by atoms with Gasteiger partial charge in [0.25, 0.3) is 0 Å². The maximum atomic E-state index is 11.4. The van der Waals surface area contributed by atoms with Crippen LogP contribution in [0, 0.1) is 0 Å². The molecule has 1 aromatic carbocycles. The fraction of sp³-hybridized carbons (Fsp3) is 0.500. The second kappa shape index (κ2) is 6.26. The normalized spacial score (nSPS) is 17.3. The number of amides is 1. The Morgan fingerprint density at radius 1 is 1.32 bits per heavy atom. The topological polar surface area (TPSA) is 43.8 Å². The van der Waals surface area contributed by atoms with Gasteiger partial charge in [0.1, 0.15) is 5.75 Å². The number of hydrogen-bond acceptors (Lipinski definition) is 3. The van der Waals surface area contributed by atoms with E-state index in [9.17, 15) is 9.90 Å². The number of carbonyl (C=O) groups is 1. The number of hydrogen-bond donors (Lipinski definition) is 1. The minimum atomic E-state index is 0.132. The van der Waals surface area contributed by atoms with Crippen molar-refractivity contribution in [3.8, 4) is 5.75 Å². The zero-order valence-electron chi connectivity index (χ0n) is 11.1. The maximum absolute atomic E-state index is 11.4. The fourth-order valence-electron chi connectivity index (χ4n) is 2.37. The van der Waals surface area contributed by atoms with Gasteiger partial charge in [0, 0.05) is 45.2 Å². The average Bonchev–Trinajstić information content (AvgIpc) is 2.60. The van der Waals surface area contributed by atoms with Crippen LogP contribution < -0.4 is 0 Å². The van der Waals surface area contributed by atoms with Crippen molar-refractivity contribution >= 4 is 17.5 Å². The zero-order valence-corrected chi connectivity index (χ0v) is 11.9. The first-order chi connectivity index (χ1) is 9.08. The van der Waals surface area contributed by atoms with Crippen LogP contribution >= 0.6 is 11.6 Å². The molecule has 1 saturated heterocycles. The molecular weight excluding hydrogens is 264 g/mol. The van der Waals surface area contributed by atoms with E-state index in [0.717, 1.165) is 38.2 Å². The third-order valence-electron chi connectivity index (χ3n) is 3.50. The molecule has 1 N–H and O–H groups in total. The Hall–Kier alpha value is -1.26. The molecule has 1 amide bonds. The lowest BCUT2D eigenvalue weighted by atomic mass is 10.2. The standard InChI is InChI=1S/C14H19ClN2O2/c1-11(18)17-7-3-6-16(8-9-17)10-12-4-2-5-13(15)14(12)19/h2,4-5,19H,3,6-10H2,1H3. The van der Waals surface area contributed by atoms with Crippen LogP contribution in [0.2, 0.25) is 5.02 Å². The van der Waals surface area contributed by atoms with E-state index in [2.05, 4.69) is 4.90 Å². The van der Waals surface area contributed by atoms with Crippen LogP contribution in [0.15, 0.2) is 18.2 Å². The minimum Gasteiger partial charge on any atom is -0.506 e. The number of carbonyl (C=O) groups excluding carboxylic acids is 1. The summed E-state index contributed by atoms with van der Waals surface area (Å²) in [7, 11) is 0. The molecule has 0 bridgehead atoms. The van der Waals surface area contributed by atoms with Crippen molar-refractivity contribution in [2.75, 3.05) is 26.2 Å². The monoisotopic (exact) mass is 282 g/mol. The minimum absolute atomic E-state index is 0.132. The molecule has 0 unspecified atom stereocenters. The number of nitrogens with zero attached hydrogens (tertiary/aromatic N) is 2. The lowest BCUT2D eigenvalue weighted by molar-refractivity contribution is -0.128. The summed E-state index contributed by atoms with van der Waals surface area (Å²) < 4.78 is 0. The predicted octanol–water partition coefficient (Wildman–Crippen LogP) is 2.10. The van der Waals surface area contributed by atoms with Crippen molar-refractivity contribution < 1.29 is 9.90 Å². The van der Waals surface area contributed by atoms with E-state index in [1.165, 1.54) is 0 Å². The molecule has 0 radical (unpaired) electrons. The van der Waals surface area contributed by atoms with E-state index in [0.29, 0.717) is 11.6 Å². The second-order valence-corrected chi connectivity index (χ2v) is 5.29. The molecule has 1 heterocycles. The Balaban J connectivity index is 2.00. The molecule has 4 nitrogen and oxygen atoms in total. The molecule has 0 saturated carbocycles. The zero-order chi connectivity index (χ0) is 13.8. The highest BCUT2D eigenvalue weighted by Crippen LogP contribution is 2.28. The van der Waals surface area contributed by atoms with E-state index in [-0.39, 0.29) is 11.7 Å². The molecule has 1 aromatic rings. The largest absolute Gasteiger partial charge is 0.506 e. The Bertz CT molecular complexity index is 465. The average molecular weight is 283 g/mol. The molecule has 1 aliphatic rings. The summed E-state index contributed by atoms with van der Waals surface area (Å²) in [6.07, 6.45) is 0.959. The van der Waals surface area contributed by atoms with Crippen molar-refractivity contribution in [2.45, 2.75) is 19.9 Å². The third-order valence-corrected chi connectivity index (χ3v) is 3.80. The first-order valence-electron chi connectivity index (χ1n) is 6.52. The molecule has 0 spiro atoms. The molecular formula is C14H19ClN2O2. The van der Waals surface area contributed by atoms with Gasteiger partial charge in [0.2, 0.25) is 5.91 Å². The summed E-state index contributed by atoms with van der Waals surface area (Å²) in [4.78, 5) is 15.5. The second-order valence-electron chi connectivity index (χ2n) is 4.88. The van der Waals surface area contributed by atoms with Crippen LogP contribution in [0.3, 0.4) is 0 Å². The van der Waals surface area contributed by atoms with E-state index < -0.39 is 0 Å². The van der Waals surface area contributed by atoms with Gasteiger partial charge in [0.05, 0.1) is 5.02 Å². The van der Waals surface area contributed by atoms with E-state index in [4.69, 9.17) is 11.6 Å². The van der Waals surface area contributed by atoms with Gasteiger partial charge in [-0.25, -0.2) is 0 Å². The van der Waals surface area contributed by atoms with Crippen LogP contribution in [0.4, 0.5) is 0 Å². The van der Waals surface area contributed by atoms with Gasteiger partial charge >= 0.3 is 0 Å². The first kappa shape index (κ1) is 14.2. The maximum Gasteiger partial charge on any atom is 0.219 e. The molecule has 5 heteroatoms. The van der Waals surface area contributed by atoms with E-state index in [1.807, 2.05) is 17.0 Å². The Labute approximate surface area is 118 Å². The van der Waals surface area contributed by atoms with E-state index >= 15 is 0 Å². The van der Waals surface area contributed by atoms with Crippen LogP contribution in [0.25, 0.3) is 0 Å². The van der Waals surface area contributed by atoms with Crippen molar-refractivity contribution in [2.24, 2.45) is 0 Å². The molecule has 19 heavy (non-hydrogen) atoms. The number of benzene rings is 1. The predicted molar refractivity (Wildman–Crippen MR) is 75.3 cm³/mol. The Kier molecular flexibility index (Phi) is 4.66.